The van der Waals surface area contributed by atoms with Gasteiger partial charge in [0, 0.05) is 25.7 Å². The van der Waals surface area contributed by atoms with E-state index in [9.17, 15) is 4.79 Å². The molecule has 2 N–H and O–H groups in total. The van der Waals surface area contributed by atoms with Gasteiger partial charge in [0.05, 0.1) is 13.2 Å². The number of urea groups is 1. The maximum atomic E-state index is 12.3. The molecule has 0 radical (unpaired) electrons. The van der Waals surface area contributed by atoms with Crippen LogP contribution in [0.1, 0.15) is 38.5 Å². The van der Waals surface area contributed by atoms with Crippen molar-refractivity contribution in [2.45, 2.75) is 44.6 Å². The predicted molar refractivity (Wildman–Crippen MR) is 79.8 cm³/mol. The highest BCUT2D eigenvalue weighted by Crippen LogP contribution is 2.27. The van der Waals surface area contributed by atoms with E-state index < -0.39 is 0 Å². The normalized spacial score (nSPS) is 22.6. The molecule has 0 aromatic rings. The van der Waals surface area contributed by atoms with Crippen molar-refractivity contribution in [1.82, 2.24) is 15.5 Å². The maximum Gasteiger partial charge on any atom is 0.317 e. The van der Waals surface area contributed by atoms with E-state index in [0.29, 0.717) is 26.3 Å². The molecule has 0 spiro atoms. The minimum atomic E-state index is 0.0735. The van der Waals surface area contributed by atoms with Crippen LogP contribution in [-0.2, 0) is 4.74 Å². The summed E-state index contributed by atoms with van der Waals surface area (Å²) in [7, 11) is 1.95. The minimum absolute atomic E-state index is 0.0735. The third kappa shape index (κ3) is 4.94. The van der Waals surface area contributed by atoms with Crippen LogP contribution in [0.2, 0.25) is 0 Å². The second-order valence-electron chi connectivity index (χ2n) is 6.04. The number of amides is 2. The first kappa shape index (κ1) is 15.6. The van der Waals surface area contributed by atoms with Crippen LogP contribution in [0.3, 0.4) is 0 Å². The molecule has 1 heterocycles. The Bertz CT molecular complexity index is 287. The van der Waals surface area contributed by atoms with Crippen molar-refractivity contribution in [3.63, 3.8) is 0 Å². The Hall–Kier alpha value is -0.810. The second-order valence-corrected chi connectivity index (χ2v) is 6.04. The zero-order valence-electron chi connectivity index (χ0n) is 12.7. The molecular weight excluding hydrogens is 254 g/mol. The van der Waals surface area contributed by atoms with E-state index >= 15 is 0 Å². The molecule has 116 valence electrons. The summed E-state index contributed by atoms with van der Waals surface area (Å²) >= 11 is 0. The Morgan fingerprint density at radius 2 is 1.95 bits per heavy atom. The molecule has 1 saturated carbocycles. The molecule has 1 atom stereocenters. The Balaban J connectivity index is 1.79. The summed E-state index contributed by atoms with van der Waals surface area (Å²) < 4.78 is 5.29. The molecule has 2 aliphatic rings. The molecule has 0 bridgehead atoms. The molecule has 2 fully saturated rings. The Morgan fingerprint density at radius 1 is 1.25 bits per heavy atom. The molecule has 2 amide bonds. The predicted octanol–water partition coefficient (Wildman–Crippen LogP) is 1.59. The van der Waals surface area contributed by atoms with Gasteiger partial charge in [0.2, 0.25) is 0 Å². The Kier molecular flexibility index (Phi) is 6.60. The van der Waals surface area contributed by atoms with E-state index in [1.54, 1.807) is 0 Å². The van der Waals surface area contributed by atoms with Gasteiger partial charge in [-0.25, -0.2) is 4.79 Å². The third-order valence-corrected chi connectivity index (χ3v) is 4.42. The molecule has 0 aromatic carbocycles. The highest BCUT2D eigenvalue weighted by Gasteiger charge is 2.23. The lowest BCUT2D eigenvalue weighted by Gasteiger charge is -2.31. The average molecular weight is 283 g/mol. The summed E-state index contributed by atoms with van der Waals surface area (Å²) in [6, 6.07) is 0.322. The van der Waals surface area contributed by atoms with Crippen molar-refractivity contribution in [3.05, 3.63) is 0 Å². The van der Waals surface area contributed by atoms with Gasteiger partial charge in [-0.05, 0) is 19.4 Å². The van der Waals surface area contributed by atoms with Gasteiger partial charge < -0.3 is 20.3 Å². The minimum Gasteiger partial charge on any atom is -0.378 e. The van der Waals surface area contributed by atoms with Crippen LogP contribution in [-0.4, -0.2) is 56.9 Å². The topological polar surface area (TPSA) is 53.6 Å². The standard InChI is InChI=1S/C15H29N3O2/c1-16-12-14(11-13-5-3-2-4-6-13)17-15(19)18-7-9-20-10-8-18/h13-14,16H,2-12H2,1H3,(H,17,19). The number of morpholine rings is 1. The molecule has 0 aromatic heterocycles. The average Bonchev–Trinajstić information content (AvgIpc) is 2.49. The first-order valence-corrected chi connectivity index (χ1v) is 8.07. The van der Waals surface area contributed by atoms with Crippen LogP contribution in [0.25, 0.3) is 0 Å². The number of hydrogen-bond acceptors (Lipinski definition) is 3. The van der Waals surface area contributed by atoms with Crippen LogP contribution in [0.4, 0.5) is 4.79 Å². The molecule has 1 aliphatic carbocycles. The summed E-state index contributed by atoms with van der Waals surface area (Å²) in [5.41, 5.74) is 0. The van der Waals surface area contributed by atoms with Crippen LogP contribution >= 0.6 is 0 Å². The second kappa shape index (κ2) is 8.47. The highest BCUT2D eigenvalue weighted by atomic mass is 16.5. The van der Waals surface area contributed by atoms with Crippen LogP contribution < -0.4 is 10.6 Å². The molecule has 1 saturated heterocycles. The Labute approximate surface area is 122 Å². The van der Waals surface area contributed by atoms with E-state index in [-0.39, 0.29) is 12.1 Å². The third-order valence-electron chi connectivity index (χ3n) is 4.42. The van der Waals surface area contributed by atoms with Gasteiger partial charge >= 0.3 is 6.03 Å². The molecule has 20 heavy (non-hydrogen) atoms. The van der Waals surface area contributed by atoms with Crippen molar-refractivity contribution in [2.24, 2.45) is 5.92 Å². The van der Waals surface area contributed by atoms with Crippen molar-refractivity contribution in [3.8, 4) is 0 Å². The highest BCUT2D eigenvalue weighted by molar-refractivity contribution is 5.74. The zero-order valence-corrected chi connectivity index (χ0v) is 12.7. The number of nitrogens with zero attached hydrogens (tertiary/aromatic N) is 1. The van der Waals surface area contributed by atoms with E-state index in [1.807, 2.05) is 11.9 Å². The van der Waals surface area contributed by atoms with Crippen LogP contribution in [0.5, 0.6) is 0 Å². The lowest BCUT2D eigenvalue weighted by molar-refractivity contribution is 0.0522. The fraction of sp³-hybridized carbons (Fsp3) is 0.933. The Morgan fingerprint density at radius 3 is 2.60 bits per heavy atom. The zero-order chi connectivity index (χ0) is 14.2. The fourth-order valence-corrected chi connectivity index (χ4v) is 3.30. The van der Waals surface area contributed by atoms with Crippen LogP contribution in [0, 0.1) is 5.92 Å². The molecule has 1 unspecified atom stereocenters. The van der Waals surface area contributed by atoms with Gasteiger partial charge in [0.1, 0.15) is 0 Å². The SMILES string of the molecule is CNCC(CC1CCCCC1)NC(=O)N1CCOCC1. The number of rotatable bonds is 5. The monoisotopic (exact) mass is 283 g/mol. The van der Waals surface area contributed by atoms with Gasteiger partial charge in [-0.2, -0.15) is 0 Å². The first-order valence-electron chi connectivity index (χ1n) is 8.07. The number of nitrogens with one attached hydrogen (secondary N) is 2. The molecule has 5 heteroatoms. The number of hydrogen-bond donors (Lipinski definition) is 2. The lowest BCUT2D eigenvalue weighted by atomic mass is 9.85. The van der Waals surface area contributed by atoms with Gasteiger partial charge in [0.25, 0.3) is 0 Å². The molecule has 2 rings (SSSR count). The van der Waals surface area contributed by atoms with E-state index in [0.717, 1.165) is 18.9 Å². The maximum absolute atomic E-state index is 12.3. The van der Waals surface area contributed by atoms with Crippen molar-refractivity contribution in [2.75, 3.05) is 39.9 Å². The molecular formula is C15H29N3O2. The van der Waals surface area contributed by atoms with Gasteiger partial charge in [-0.15, -0.1) is 0 Å². The summed E-state index contributed by atoms with van der Waals surface area (Å²) in [6.07, 6.45) is 7.86. The first-order chi connectivity index (χ1) is 9.79. The van der Waals surface area contributed by atoms with Gasteiger partial charge in [-0.3, -0.25) is 0 Å². The van der Waals surface area contributed by atoms with Crippen LogP contribution in [0.15, 0.2) is 0 Å². The number of carbonyl (C=O) groups is 1. The van der Waals surface area contributed by atoms with E-state index in [1.165, 1.54) is 32.1 Å². The fourth-order valence-electron chi connectivity index (χ4n) is 3.30. The number of carbonyl (C=O) groups excluding carboxylic acids is 1. The van der Waals surface area contributed by atoms with Crippen molar-refractivity contribution < 1.29 is 9.53 Å². The van der Waals surface area contributed by atoms with Crippen molar-refractivity contribution in [1.29, 1.82) is 0 Å². The van der Waals surface area contributed by atoms with E-state index in [2.05, 4.69) is 10.6 Å². The van der Waals surface area contributed by atoms with E-state index in [4.69, 9.17) is 4.74 Å². The van der Waals surface area contributed by atoms with Gasteiger partial charge in [0.15, 0.2) is 0 Å². The molecule has 1 aliphatic heterocycles. The largest absolute Gasteiger partial charge is 0.378 e. The smallest absolute Gasteiger partial charge is 0.317 e. The van der Waals surface area contributed by atoms with Gasteiger partial charge in [-0.1, -0.05) is 32.1 Å². The summed E-state index contributed by atoms with van der Waals surface area (Å²) in [5, 5.41) is 6.41. The number of ether oxygens (including phenoxy) is 1. The summed E-state index contributed by atoms with van der Waals surface area (Å²) in [5.74, 6) is 0.784. The summed E-state index contributed by atoms with van der Waals surface area (Å²) in [6.45, 7) is 3.59. The molecule has 5 nitrogen and oxygen atoms in total. The lowest BCUT2D eigenvalue weighted by Crippen LogP contribution is -2.51. The quantitative estimate of drug-likeness (QED) is 0.805. The van der Waals surface area contributed by atoms with Crippen molar-refractivity contribution >= 4 is 6.03 Å². The summed E-state index contributed by atoms with van der Waals surface area (Å²) in [4.78, 5) is 14.1. The number of likely N-dealkylation sites (N-methyl/N-ethyl adjacent to an activating group) is 1.